The second-order valence-corrected chi connectivity index (χ2v) is 4.41. The zero-order valence-corrected chi connectivity index (χ0v) is 8.22. The molecule has 1 heterocycles. The predicted octanol–water partition coefficient (Wildman–Crippen LogP) is 0.302. The van der Waals surface area contributed by atoms with Crippen molar-refractivity contribution in [3.63, 3.8) is 0 Å². The average molecular weight is 172 g/mol. The maximum absolute atomic E-state index is 9.61. The summed E-state index contributed by atoms with van der Waals surface area (Å²) in [6.07, 6.45) is 1.76. The van der Waals surface area contributed by atoms with Gasteiger partial charge < -0.3 is 10.4 Å². The summed E-state index contributed by atoms with van der Waals surface area (Å²) in [6, 6.07) is 0.183. The molecule has 0 bridgehead atoms. The molecule has 0 aromatic carbocycles. The molecule has 1 aliphatic rings. The molecule has 3 heteroatoms. The van der Waals surface area contributed by atoms with E-state index in [9.17, 15) is 5.11 Å². The van der Waals surface area contributed by atoms with E-state index < -0.39 is 6.23 Å². The summed E-state index contributed by atoms with van der Waals surface area (Å²) in [5, 5.41) is 15.8. The Bertz CT molecular complexity index is 147. The molecule has 0 aromatic rings. The van der Waals surface area contributed by atoms with Crippen molar-refractivity contribution < 1.29 is 5.11 Å². The Kier molecular flexibility index (Phi) is 3.09. The van der Waals surface area contributed by atoms with Gasteiger partial charge in [-0.15, -0.1) is 0 Å². The second-order valence-electron chi connectivity index (χ2n) is 4.41. The summed E-state index contributed by atoms with van der Waals surface area (Å²) in [5.74, 6) is 0. The topological polar surface area (TPSA) is 44.3 Å². The Balaban J connectivity index is 2.59. The third kappa shape index (κ3) is 2.44. The van der Waals surface area contributed by atoms with Crippen molar-refractivity contribution in [3.05, 3.63) is 0 Å². The first-order valence-electron chi connectivity index (χ1n) is 4.64. The summed E-state index contributed by atoms with van der Waals surface area (Å²) in [6.45, 7) is 5.40. The molecule has 0 aromatic heterocycles. The molecule has 1 aliphatic heterocycles. The standard InChI is InChI=1S/C9H20N2O/c1-9(2)4-5-11-8(12)7(6-9)10-3/h7-8,10-12H,4-6H2,1-3H3. The Morgan fingerprint density at radius 1 is 1.50 bits per heavy atom. The van der Waals surface area contributed by atoms with Crippen molar-refractivity contribution in [2.24, 2.45) is 5.41 Å². The molecule has 3 nitrogen and oxygen atoms in total. The van der Waals surface area contributed by atoms with Gasteiger partial charge in [0.25, 0.3) is 0 Å². The van der Waals surface area contributed by atoms with Gasteiger partial charge in [-0.05, 0) is 31.8 Å². The van der Waals surface area contributed by atoms with Crippen LogP contribution in [0.25, 0.3) is 0 Å². The zero-order valence-electron chi connectivity index (χ0n) is 8.22. The van der Waals surface area contributed by atoms with Crippen LogP contribution in [-0.4, -0.2) is 31.0 Å². The van der Waals surface area contributed by atoms with Crippen LogP contribution < -0.4 is 10.6 Å². The van der Waals surface area contributed by atoms with E-state index in [0.717, 1.165) is 19.4 Å². The molecule has 12 heavy (non-hydrogen) atoms. The summed E-state index contributed by atoms with van der Waals surface area (Å²) >= 11 is 0. The van der Waals surface area contributed by atoms with Crippen LogP contribution >= 0.6 is 0 Å². The minimum Gasteiger partial charge on any atom is -0.377 e. The molecule has 72 valence electrons. The van der Waals surface area contributed by atoms with Crippen LogP contribution in [0, 0.1) is 5.41 Å². The fourth-order valence-electron chi connectivity index (χ4n) is 1.77. The summed E-state index contributed by atoms with van der Waals surface area (Å²) in [4.78, 5) is 0. The van der Waals surface area contributed by atoms with Gasteiger partial charge in [0.15, 0.2) is 0 Å². The smallest absolute Gasteiger partial charge is 0.120 e. The molecule has 0 radical (unpaired) electrons. The molecule has 2 atom stereocenters. The first kappa shape index (κ1) is 9.96. The number of aliphatic hydroxyl groups is 1. The van der Waals surface area contributed by atoms with Crippen molar-refractivity contribution in [2.45, 2.75) is 39.0 Å². The zero-order chi connectivity index (χ0) is 9.19. The van der Waals surface area contributed by atoms with E-state index in [0.29, 0.717) is 5.41 Å². The fraction of sp³-hybridized carbons (Fsp3) is 1.00. The molecular weight excluding hydrogens is 152 g/mol. The van der Waals surface area contributed by atoms with Crippen molar-refractivity contribution >= 4 is 0 Å². The number of hydrogen-bond acceptors (Lipinski definition) is 3. The molecular formula is C9H20N2O. The Morgan fingerprint density at radius 3 is 2.75 bits per heavy atom. The summed E-state index contributed by atoms with van der Waals surface area (Å²) in [5.41, 5.74) is 0.332. The molecule has 2 unspecified atom stereocenters. The normalized spacial score (nSPS) is 36.0. The van der Waals surface area contributed by atoms with Crippen LogP contribution in [0.15, 0.2) is 0 Å². The van der Waals surface area contributed by atoms with Gasteiger partial charge in [0, 0.05) is 6.04 Å². The highest BCUT2D eigenvalue weighted by Crippen LogP contribution is 2.28. The lowest BCUT2D eigenvalue weighted by Gasteiger charge is -2.27. The SMILES string of the molecule is CNC1CC(C)(C)CCNC1O. The van der Waals surface area contributed by atoms with Crippen LogP contribution in [0.5, 0.6) is 0 Å². The molecule has 0 amide bonds. The minimum absolute atomic E-state index is 0.183. The van der Waals surface area contributed by atoms with E-state index in [4.69, 9.17) is 0 Å². The van der Waals surface area contributed by atoms with E-state index >= 15 is 0 Å². The first-order chi connectivity index (χ1) is 5.55. The van der Waals surface area contributed by atoms with Crippen LogP contribution in [0.1, 0.15) is 26.7 Å². The summed E-state index contributed by atoms with van der Waals surface area (Å²) in [7, 11) is 1.90. The van der Waals surface area contributed by atoms with Gasteiger partial charge in [0.05, 0.1) is 0 Å². The van der Waals surface area contributed by atoms with Crippen molar-refractivity contribution in [1.29, 1.82) is 0 Å². The number of rotatable bonds is 1. The highest BCUT2D eigenvalue weighted by Gasteiger charge is 2.29. The molecule has 1 fully saturated rings. The van der Waals surface area contributed by atoms with E-state index in [2.05, 4.69) is 24.5 Å². The number of nitrogens with one attached hydrogen (secondary N) is 2. The third-order valence-electron chi connectivity index (χ3n) is 2.68. The van der Waals surface area contributed by atoms with E-state index in [1.807, 2.05) is 7.05 Å². The van der Waals surface area contributed by atoms with Gasteiger partial charge in [-0.2, -0.15) is 0 Å². The largest absolute Gasteiger partial charge is 0.377 e. The van der Waals surface area contributed by atoms with Crippen molar-refractivity contribution in [3.8, 4) is 0 Å². The Hall–Kier alpha value is -0.120. The predicted molar refractivity (Wildman–Crippen MR) is 49.9 cm³/mol. The summed E-state index contributed by atoms with van der Waals surface area (Å²) < 4.78 is 0. The molecule has 1 rings (SSSR count). The third-order valence-corrected chi connectivity index (χ3v) is 2.68. The first-order valence-corrected chi connectivity index (χ1v) is 4.64. The van der Waals surface area contributed by atoms with Gasteiger partial charge in [0.2, 0.25) is 0 Å². The van der Waals surface area contributed by atoms with Crippen LogP contribution in [-0.2, 0) is 0 Å². The van der Waals surface area contributed by atoms with Crippen molar-refractivity contribution in [1.82, 2.24) is 10.6 Å². The van der Waals surface area contributed by atoms with Crippen LogP contribution in [0.3, 0.4) is 0 Å². The van der Waals surface area contributed by atoms with Gasteiger partial charge >= 0.3 is 0 Å². The number of hydrogen-bond donors (Lipinski definition) is 3. The average Bonchev–Trinajstić information content (AvgIpc) is 2.10. The second kappa shape index (κ2) is 3.73. The Morgan fingerprint density at radius 2 is 2.17 bits per heavy atom. The minimum atomic E-state index is -0.392. The maximum atomic E-state index is 9.61. The van der Waals surface area contributed by atoms with E-state index in [1.165, 1.54) is 0 Å². The van der Waals surface area contributed by atoms with E-state index in [-0.39, 0.29) is 6.04 Å². The van der Waals surface area contributed by atoms with Crippen molar-refractivity contribution in [2.75, 3.05) is 13.6 Å². The van der Waals surface area contributed by atoms with Crippen LogP contribution in [0.4, 0.5) is 0 Å². The quantitative estimate of drug-likeness (QED) is 0.533. The lowest BCUT2D eigenvalue weighted by Crippen LogP contribution is -2.45. The lowest BCUT2D eigenvalue weighted by molar-refractivity contribution is 0.0951. The molecule has 0 spiro atoms. The molecule has 3 N–H and O–H groups in total. The lowest BCUT2D eigenvalue weighted by atomic mass is 9.83. The van der Waals surface area contributed by atoms with Crippen LogP contribution in [0.2, 0.25) is 0 Å². The van der Waals surface area contributed by atoms with Gasteiger partial charge in [-0.3, -0.25) is 5.32 Å². The van der Waals surface area contributed by atoms with Gasteiger partial charge in [0.1, 0.15) is 6.23 Å². The van der Waals surface area contributed by atoms with Gasteiger partial charge in [-0.1, -0.05) is 13.8 Å². The van der Waals surface area contributed by atoms with E-state index in [1.54, 1.807) is 0 Å². The molecule has 0 saturated carbocycles. The molecule has 1 saturated heterocycles. The number of likely N-dealkylation sites (N-methyl/N-ethyl adjacent to an activating group) is 1. The fourth-order valence-corrected chi connectivity index (χ4v) is 1.77. The van der Waals surface area contributed by atoms with Gasteiger partial charge in [-0.25, -0.2) is 0 Å². The highest BCUT2D eigenvalue weighted by molar-refractivity contribution is 4.85. The number of aliphatic hydroxyl groups excluding tert-OH is 1. The molecule has 0 aliphatic carbocycles. The maximum Gasteiger partial charge on any atom is 0.120 e. The highest BCUT2D eigenvalue weighted by atomic mass is 16.3. The monoisotopic (exact) mass is 172 g/mol. The Labute approximate surface area is 74.5 Å².